The average molecular weight is 303 g/mol. The van der Waals surface area contributed by atoms with Gasteiger partial charge < -0.3 is 9.55 Å². The Labute approximate surface area is 133 Å². The maximum atomic E-state index is 12.0. The van der Waals surface area contributed by atoms with Crippen LogP contribution in [0.3, 0.4) is 0 Å². The van der Waals surface area contributed by atoms with Gasteiger partial charge in [-0.25, -0.2) is 4.98 Å². The number of benzene rings is 2. The van der Waals surface area contributed by atoms with E-state index >= 15 is 0 Å². The number of pyridine rings is 1. The highest BCUT2D eigenvalue weighted by Crippen LogP contribution is 2.26. The lowest BCUT2D eigenvalue weighted by atomic mass is 10.1. The van der Waals surface area contributed by atoms with Gasteiger partial charge in [0.05, 0.1) is 16.6 Å². The number of aromatic amines is 1. The SMILES string of the molecule is CCn1c(=O)ccc2c3nc(-c4ccc(C)cc4)[nH]c3ccc21. The summed E-state index contributed by atoms with van der Waals surface area (Å²) >= 11 is 0. The summed E-state index contributed by atoms with van der Waals surface area (Å²) in [6.45, 7) is 4.70. The number of hydrogen-bond acceptors (Lipinski definition) is 2. The van der Waals surface area contributed by atoms with Crippen molar-refractivity contribution in [2.75, 3.05) is 0 Å². The monoisotopic (exact) mass is 303 g/mol. The normalized spacial score (nSPS) is 11.4. The van der Waals surface area contributed by atoms with Gasteiger partial charge in [0.25, 0.3) is 5.56 Å². The Morgan fingerprint density at radius 1 is 1.04 bits per heavy atom. The van der Waals surface area contributed by atoms with E-state index in [0.717, 1.165) is 33.3 Å². The first-order chi connectivity index (χ1) is 11.2. The Morgan fingerprint density at radius 2 is 1.83 bits per heavy atom. The molecule has 0 saturated carbocycles. The minimum absolute atomic E-state index is 0.0219. The molecule has 0 fully saturated rings. The van der Waals surface area contributed by atoms with E-state index in [0.29, 0.717) is 6.54 Å². The summed E-state index contributed by atoms with van der Waals surface area (Å²) in [4.78, 5) is 20.1. The van der Waals surface area contributed by atoms with E-state index in [1.54, 1.807) is 10.6 Å². The molecule has 114 valence electrons. The van der Waals surface area contributed by atoms with E-state index in [2.05, 4.69) is 36.2 Å². The van der Waals surface area contributed by atoms with Gasteiger partial charge in [-0.05, 0) is 32.0 Å². The first kappa shape index (κ1) is 13.8. The third kappa shape index (κ3) is 2.14. The van der Waals surface area contributed by atoms with Gasteiger partial charge in [0.2, 0.25) is 0 Å². The maximum absolute atomic E-state index is 12.0. The van der Waals surface area contributed by atoms with Gasteiger partial charge in [-0.1, -0.05) is 29.8 Å². The molecule has 0 amide bonds. The second-order valence-corrected chi connectivity index (χ2v) is 5.76. The van der Waals surface area contributed by atoms with Gasteiger partial charge in [-0.2, -0.15) is 0 Å². The second-order valence-electron chi connectivity index (χ2n) is 5.76. The molecule has 0 radical (unpaired) electrons. The van der Waals surface area contributed by atoms with Crippen molar-refractivity contribution < 1.29 is 0 Å². The number of imidazole rings is 1. The molecule has 1 N–H and O–H groups in total. The predicted octanol–water partition coefficient (Wildman–Crippen LogP) is 3.87. The van der Waals surface area contributed by atoms with Gasteiger partial charge in [0.15, 0.2) is 0 Å². The minimum Gasteiger partial charge on any atom is -0.338 e. The molecule has 0 bridgehead atoms. The van der Waals surface area contributed by atoms with E-state index < -0.39 is 0 Å². The molecule has 4 heteroatoms. The van der Waals surface area contributed by atoms with Gasteiger partial charge in [0, 0.05) is 23.6 Å². The molecule has 0 unspecified atom stereocenters. The Bertz CT molecular complexity index is 1070. The van der Waals surface area contributed by atoms with Crippen molar-refractivity contribution in [3.05, 3.63) is 64.4 Å². The quantitative estimate of drug-likeness (QED) is 0.611. The molecule has 0 aliphatic carbocycles. The molecule has 2 heterocycles. The zero-order valence-corrected chi connectivity index (χ0v) is 13.1. The van der Waals surface area contributed by atoms with Crippen molar-refractivity contribution in [2.45, 2.75) is 20.4 Å². The largest absolute Gasteiger partial charge is 0.338 e. The fourth-order valence-corrected chi connectivity index (χ4v) is 3.02. The molecule has 2 aromatic heterocycles. The minimum atomic E-state index is 0.0219. The summed E-state index contributed by atoms with van der Waals surface area (Å²) < 4.78 is 1.77. The molecule has 0 spiro atoms. The van der Waals surface area contributed by atoms with Crippen LogP contribution in [0.2, 0.25) is 0 Å². The summed E-state index contributed by atoms with van der Waals surface area (Å²) in [7, 11) is 0. The molecule has 4 nitrogen and oxygen atoms in total. The first-order valence-electron chi connectivity index (χ1n) is 7.76. The smallest absolute Gasteiger partial charge is 0.251 e. The zero-order chi connectivity index (χ0) is 16.0. The number of fused-ring (bicyclic) bond motifs is 3. The summed E-state index contributed by atoms with van der Waals surface area (Å²) in [5.74, 6) is 0.849. The van der Waals surface area contributed by atoms with E-state index in [1.807, 2.05) is 25.1 Å². The molecular formula is C19H17N3O. The second kappa shape index (κ2) is 5.09. The molecule has 4 aromatic rings. The summed E-state index contributed by atoms with van der Waals surface area (Å²) in [6, 6.07) is 15.8. The maximum Gasteiger partial charge on any atom is 0.251 e. The number of aromatic nitrogens is 3. The standard InChI is InChI=1S/C19H17N3O/c1-3-22-16-10-9-15-18(14(16)8-11-17(22)23)21-19(20-15)13-6-4-12(2)5-7-13/h4-11H,3H2,1-2H3,(H,20,21). The number of H-pyrrole nitrogens is 1. The highest BCUT2D eigenvalue weighted by Gasteiger charge is 2.10. The van der Waals surface area contributed by atoms with Gasteiger partial charge in [-0.15, -0.1) is 0 Å². The van der Waals surface area contributed by atoms with Gasteiger partial charge >= 0.3 is 0 Å². The average Bonchev–Trinajstić information content (AvgIpc) is 2.99. The van der Waals surface area contributed by atoms with Gasteiger partial charge in [-0.3, -0.25) is 4.79 Å². The topological polar surface area (TPSA) is 50.7 Å². The number of nitrogens with one attached hydrogen (secondary N) is 1. The Morgan fingerprint density at radius 3 is 2.57 bits per heavy atom. The lowest BCUT2D eigenvalue weighted by Crippen LogP contribution is -2.17. The van der Waals surface area contributed by atoms with Crippen LogP contribution in [0, 0.1) is 6.92 Å². The molecule has 4 rings (SSSR count). The van der Waals surface area contributed by atoms with Gasteiger partial charge in [0.1, 0.15) is 5.82 Å². The fraction of sp³-hybridized carbons (Fsp3) is 0.158. The molecule has 2 aromatic carbocycles. The highest BCUT2D eigenvalue weighted by molar-refractivity contribution is 6.03. The zero-order valence-electron chi connectivity index (χ0n) is 13.1. The van der Waals surface area contributed by atoms with Crippen LogP contribution in [0.4, 0.5) is 0 Å². The van der Waals surface area contributed by atoms with E-state index in [4.69, 9.17) is 4.98 Å². The molecule has 23 heavy (non-hydrogen) atoms. The van der Waals surface area contributed by atoms with Crippen molar-refractivity contribution in [3.8, 4) is 11.4 Å². The summed E-state index contributed by atoms with van der Waals surface area (Å²) in [5.41, 5.74) is 5.11. The number of aryl methyl sites for hydroxylation is 2. The van der Waals surface area contributed by atoms with Crippen LogP contribution in [0.15, 0.2) is 53.3 Å². The molecular weight excluding hydrogens is 286 g/mol. The number of rotatable bonds is 2. The lowest BCUT2D eigenvalue weighted by Gasteiger charge is -2.07. The Hall–Kier alpha value is -2.88. The van der Waals surface area contributed by atoms with Crippen molar-refractivity contribution in [1.29, 1.82) is 0 Å². The number of nitrogens with zero attached hydrogens (tertiary/aromatic N) is 2. The first-order valence-corrected chi connectivity index (χ1v) is 7.76. The Kier molecular flexibility index (Phi) is 3.05. The van der Waals surface area contributed by atoms with Crippen LogP contribution in [0.1, 0.15) is 12.5 Å². The van der Waals surface area contributed by atoms with E-state index in [9.17, 15) is 4.79 Å². The fourth-order valence-electron chi connectivity index (χ4n) is 3.02. The van der Waals surface area contributed by atoms with Crippen LogP contribution in [0.5, 0.6) is 0 Å². The van der Waals surface area contributed by atoms with Crippen molar-refractivity contribution in [2.24, 2.45) is 0 Å². The van der Waals surface area contributed by atoms with Crippen LogP contribution >= 0.6 is 0 Å². The lowest BCUT2D eigenvalue weighted by molar-refractivity contribution is 0.760. The van der Waals surface area contributed by atoms with E-state index in [-0.39, 0.29) is 5.56 Å². The number of hydrogen-bond donors (Lipinski definition) is 1. The van der Waals surface area contributed by atoms with Crippen LogP contribution < -0.4 is 5.56 Å². The molecule has 0 atom stereocenters. The highest BCUT2D eigenvalue weighted by atomic mass is 16.1. The third-order valence-corrected chi connectivity index (χ3v) is 4.26. The summed E-state index contributed by atoms with van der Waals surface area (Å²) in [6.07, 6.45) is 0. The molecule has 0 saturated heterocycles. The Balaban J connectivity index is 2.00. The van der Waals surface area contributed by atoms with Crippen molar-refractivity contribution in [1.82, 2.24) is 14.5 Å². The van der Waals surface area contributed by atoms with Crippen LogP contribution in [-0.2, 0) is 6.54 Å². The summed E-state index contributed by atoms with van der Waals surface area (Å²) in [5, 5.41) is 0.999. The predicted molar refractivity (Wildman–Crippen MR) is 93.7 cm³/mol. The van der Waals surface area contributed by atoms with Crippen LogP contribution in [-0.4, -0.2) is 14.5 Å². The van der Waals surface area contributed by atoms with E-state index in [1.165, 1.54) is 5.56 Å². The van der Waals surface area contributed by atoms with Crippen molar-refractivity contribution in [3.63, 3.8) is 0 Å². The van der Waals surface area contributed by atoms with Crippen molar-refractivity contribution >= 4 is 21.9 Å². The molecule has 0 aliphatic heterocycles. The third-order valence-electron chi connectivity index (χ3n) is 4.26. The van der Waals surface area contributed by atoms with Crippen LogP contribution in [0.25, 0.3) is 33.3 Å². The molecule has 0 aliphatic rings.